The predicted molar refractivity (Wildman–Crippen MR) is 62.7 cm³/mol. The van der Waals surface area contributed by atoms with Gasteiger partial charge in [0.1, 0.15) is 6.61 Å². The number of piperidine rings is 1. The molecule has 0 bridgehead atoms. The van der Waals surface area contributed by atoms with E-state index in [9.17, 15) is 9.59 Å². The fraction of sp³-hybridized carbons (Fsp3) is 0.667. The first-order chi connectivity index (χ1) is 7.97. The van der Waals surface area contributed by atoms with Gasteiger partial charge < -0.3 is 14.7 Å². The van der Waals surface area contributed by atoms with Crippen molar-refractivity contribution < 1.29 is 19.4 Å². The highest BCUT2D eigenvalue weighted by Gasteiger charge is 2.37. The molecule has 17 heavy (non-hydrogen) atoms. The number of ether oxygens (including phenoxy) is 1. The highest BCUT2D eigenvalue weighted by molar-refractivity contribution is 5.72. The van der Waals surface area contributed by atoms with Gasteiger partial charge in [-0.2, -0.15) is 0 Å². The summed E-state index contributed by atoms with van der Waals surface area (Å²) < 4.78 is 4.99. The van der Waals surface area contributed by atoms with Crippen molar-refractivity contribution in [1.29, 1.82) is 0 Å². The zero-order chi connectivity index (χ0) is 13.0. The topological polar surface area (TPSA) is 66.8 Å². The first-order valence-corrected chi connectivity index (χ1v) is 5.76. The lowest BCUT2D eigenvalue weighted by Gasteiger charge is -2.40. The molecule has 96 valence electrons. The number of carbonyl (C=O) groups is 2. The molecule has 1 heterocycles. The van der Waals surface area contributed by atoms with Crippen LogP contribution >= 0.6 is 0 Å². The van der Waals surface area contributed by atoms with Crippen molar-refractivity contribution in [3.05, 3.63) is 12.7 Å². The van der Waals surface area contributed by atoms with E-state index in [1.807, 2.05) is 13.8 Å². The van der Waals surface area contributed by atoms with E-state index in [-0.39, 0.29) is 24.6 Å². The van der Waals surface area contributed by atoms with Crippen LogP contribution in [-0.4, -0.2) is 40.8 Å². The fourth-order valence-corrected chi connectivity index (χ4v) is 2.35. The fourth-order valence-electron chi connectivity index (χ4n) is 2.35. The molecule has 1 N–H and O–H groups in total. The standard InChI is InChI=1S/C12H19NO4/c1-4-5-17-12(16)13-8(2)6-10(11(14)15)7-9(13)3/h4,8-10H,1,5-7H2,2-3H3,(H,14,15). The number of likely N-dealkylation sites (tertiary alicyclic amines) is 1. The molecule has 0 aromatic rings. The molecule has 5 nitrogen and oxygen atoms in total. The lowest BCUT2D eigenvalue weighted by Crippen LogP contribution is -2.51. The van der Waals surface area contributed by atoms with E-state index < -0.39 is 12.1 Å². The Hall–Kier alpha value is -1.52. The number of carboxylic acids is 1. The highest BCUT2D eigenvalue weighted by Crippen LogP contribution is 2.28. The van der Waals surface area contributed by atoms with Crippen molar-refractivity contribution in [3.63, 3.8) is 0 Å². The monoisotopic (exact) mass is 241 g/mol. The highest BCUT2D eigenvalue weighted by atomic mass is 16.6. The normalized spacial score (nSPS) is 28.6. The van der Waals surface area contributed by atoms with Crippen LogP contribution in [0.25, 0.3) is 0 Å². The Kier molecular flexibility index (Phi) is 4.54. The molecule has 0 saturated carbocycles. The maximum Gasteiger partial charge on any atom is 0.410 e. The number of rotatable bonds is 3. The van der Waals surface area contributed by atoms with Gasteiger partial charge in [-0.3, -0.25) is 4.79 Å². The largest absolute Gasteiger partial charge is 0.481 e. The maximum atomic E-state index is 11.8. The Morgan fingerprint density at radius 3 is 2.35 bits per heavy atom. The number of carbonyl (C=O) groups excluding carboxylic acids is 1. The Morgan fingerprint density at radius 2 is 1.94 bits per heavy atom. The summed E-state index contributed by atoms with van der Waals surface area (Å²) in [5.74, 6) is -1.16. The Balaban J connectivity index is 2.65. The average Bonchev–Trinajstić information content (AvgIpc) is 2.25. The molecule has 0 spiro atoms. The lowest BCUT2D eigenvalue weighted by atomic mass is 9.87. The average molecular weight is 241 g/mol. The predicted octanol–water partition coefficient (Wildman–Crippen LogP) is 1.88. The van der Waals surface area contributed by atoms with Gasteiger partial charge in [0.25, 0.3) is 0 Å². The van der Waals surface area contributed by atoms with E-state index in [0.717, 1.165) is 0 Å². The second-order valence-electron chi connectivity index (χ2n) is 4.48. The van der Waals surface area contributed by atoms with Crippen LogP contribution in [0.4, 0.5) is 4.79 Å². The molecular formula is C12H19NO4. The SMILES string of the molecule is C=CCOC(=O)N1C(C)CC(C(=O)O)CC1C. The molecular weight excluding hydrogens is 222 g/mol. The molecule has 1 aliphatic heterocycles. The van der Waals surface area contributed by atoms with Crippen LogP contribution in [0, 0.1) is 5.92 Å². The van der Waals surface area contributed by atoms with E-state index in [4.69, 9.17) is 9.84 Å². The minimum atomic E-state index is -0.789. The Morgan fingerprint density at radius 1 is 1.41 bits per heavy atom. The van der Waals surface area contributed by atoms with Crippen molar-refractivity contribution >= 4 is 12.1 Å². The minimum absolute atomic E-state index is 0.114. The van der Waals surface area contributed by atoms with Gasteiger partial charge in [-0.25, -0.2) is 4.79 Å². The molecule has 0 aromatic heterocycles. The van der Waals surface area contributed by atoms with Crippen molar-refractivity contribution in [1.82, 2.24) is 4.90 Å². The summed E-state index contributed by atoms with van der Waals surface area (Å²) in [6, 6.07) is -0.227. The van der Waals surface area contributed by atoms with Gasteiger partial charge in [-0.1, -0.05) is 12.7 Å². The molecule has 2 atom stereocenters. The third-order valence-electron chi connectivity index (χ3n) is 3.09. The molecule has 1 saturated heterocycles. The van der Waals surface area contributed by atoms with Crippen LogP contribution in [0.1, 0.15) is 26.7 Å². The molecule has 1 fully saturated rings. The van der Waals surface area contributed by atoms with E-state index in [1.54, 1.807) is 4.90 Å². The summed E-state index contributed by atoms with van der Waals surface area (Å²) >= 11 is 0. The van der Waals surface area contributed by atoms with Crippen molar-refractivity contribution in [3.8, 4) is 0 Å². The first-order valence-electron chi connectivity index (χ1n) is 5.76. The van der Waals surface area contributed by atoms with Gasteiger partial charge in [-0.05, 0) is 26.7 Å². The van der Waals surface area contributed by atoms with Gasteiger partial charge in [0.15, 0.2) is 0 Å². The third kappa shape index (κ3) is 3.22. The van der Waals surface area contributed by atoms with Crippen LogP contribution in [0.3, 0.4) is 0 Å². The van der Waals surface area contributed by atoms with E-state index in [0.29, 0.717) is 12.8 Å². The summed E-state index contributed by atoms with van der Waals surface area (Å²) in [6.07, 6.45) is 2.07. The zero-order valence-corrected chi connectivity index (χ0v) is 10.3. The van der Waals surface area contributed by atoms with Crippen LogP contribution in [0.15, 0.2) is 12.7 Å². The van der Waals surface area contributed by atoms with Crippen molar-refractivity contribution in [2.75, 3.05) is 6.61 Å². The summed E-state index contributed by atoms with van der Waals surface area (Å²) in [6.45, 7) is 7.35. The molecule has 1 amide bonds. The summed E-state index contributed by atoms with van der Waals surface area (Å²) in [4.78, 5) is 24.3. The zero-order valence-electron chi connectivity index (χ0n) is 10.3. The Labute approximate surface area is 101 Å². The van der Waals surface area contributed by atoms with Crippen LogP contribution < -0.4 is 0 Å². The van der Waals surface area contributed by atoms with E-state index in [1.165, 1.54) is 6.08 Å². The maximum absolute atomic E-state index is 11.8. The first kappa shape index (κ1) is 13.5. The number of hydrogen-bond donors (Lipinski definition) is 1. The summed E-state index contributed by atoms with van der Waals surface area (Å²) in [5.41, 5.74) is 0. The summed E-state index contributed by atoms with van der Waals surface area (Å²) in [5, 5.41) is 8.99. The number of hydrogen-bond acceptors (Lipinski definition) is 3. The molecule has 1 rings (SSSR count). The van der Waals surface area contributed by atoms with Crippen LogP contribution in [-0.2, 0) is 9.53 Å². The van der Waals surface area contributed by atoms with Gasteiger partial charge in [0.2, 0.25) is 0 Å². The van der Waals surface area contributed by atoms with Gasteiger partial charge in [-0.15, -0.1) is 0 Å². The number of aliphatic carboxylic acids is 1. The number of amides is 1. The van der Waals surface area contributed by atoms with E-state index in [2.05, 4.69) is 6.58 Å². The second kappa shape index (κ2) is 5.70. The summed E-state index contributed by atoms with van der Waals surface area (Å²) in [7, 11) is 0. The molecule has 0 radical (unpaired) electrons. The number of carboxylic acid groups (broad SMARTS) is 1. The quantitative estimate of drug-likeness (QED) is 0.766. The molecule has 5 heteroatoms. The van der Waals surface area contributed by atoms with Gasteiger partial charge >= 0.3 is 12.1 Å². The van der Waals surface area contributed by atoms with Crippen LogP contribution in [0.2, 0.25) is 0 Å². The van der Waals surface area contributed by atoms with Crippen molar-refractivity contribution in [2.24, 2.45) is 5.92 Å². The van der Waals surface area contributed by atoms with E-state index >= 15 is 0 Å². The molecule has 2 unspecified atom stereocenters. The number of nitrogens with zero attached hydrogens (tertiary/aromatic N) is 1. The molecule has 0 aromatic carbocycles. The Bertz CT molecular complexity index is 304. The molecule has 0 aliphatic carbocycles. The second-order valence-corrected chi connectivity index (χ2v) is 4.48. The van der Waals surface area contributed by atoms with Crippen LogP contribution in [0.5, 0.6) is 0 Å². The van der Waals surface area contributed by atoms with Crippen molar-refractivity contribution in [2.45, 2.75) is 38.8 Å². The smallest absolute Gasteiger partial charge is 0.410 e. The molecule has 1 aliphatic rings. The minimum Gasteiger partial charge on any atom is -0.481 e. The third-order valence-corrected chi connectivity index (χ3v) is 3.09. The van der Waals surface area contributed by atoms with Gasteiger partial charge in [0.05, 0.1) is 5.92 Å². The lowest BCUT2D eigenvalue weighted by molar-refractivity contribution is -0.144. The van der Waals surface area contributed by atoms with Gasteiger partial charge in [0, 0.05) is 12.1 Å².